The van der Waals surface area contributed by atoms with E-state index in [-0.39, 0.29) is 0 Å². The maximum atomic E-state index is 5.82. The number of aromatic nitrogens is 5. The van der Waals surface area contributed by atoms with E-state index in [9.17, 15) is 0 Å². The monoisotopic (exact) mass is 825 g/mol. The molecule has 5 heterocycles. The summed E-state index contributed by atoms with van der Waals surface area (Å²) in [6.45, 7) is 0. The first-order valence-corrected chi connectivity index (χ1v) is 22.3. The molecule has 0 fully saturated rings. The quantitative estimate of drug-likeness (QED) is 0.167. The molecular weight excluding hydrogens is 791 g/mol. The number of fused-ring (bicyclic) bond motifs is 18. The molecule has 1 aliphatic heterocycles. The van der Waals surface area contributed by atoms with Crippen LogP contribution in [0.3, 0.4) is 0 Å². The SMILES string of the molecule is c1ccc(-n2c3ccccc3c3cc(-c4nc5ccc6ccccc6c5nc4-n4c5ccccc5c5c6c7c(cc54)c4ccccc4n7-c4ccccc4-c4ccccc4-6)ccc32)cc1. The van der Waals surface area contributed by atoms with Crippen LogP contribution in [0.15, 0.2) is 212 Å². The van der Waals surface area contributed by atoms with E-state index in [4.69, 9.17) is 9.97 Å². The van der Waals surface area contributed by atoms with Gasteiger partial charge in [0, 0.05) is 60.1 Å². The van der Waals surface area contributed by atoms with Crippen molar-refractivity contribution in [1.82, 2.24) is 23.7 Å². The third kappa shape index (κ3) is 4.65. The minimum absolute atomic E-state index is 0.798. The molecule has 4 aromatic heterocycles. The molecule has 300 valence electrons. The molecule has 0 saturated carbocycles. The summed E-state index contributed by atoms with van der Waals surface area (Å²) in [4.78, 5) is 11.5. The normalized spacial score (nSPS) is 12.3. The van der Waals surface area contributed by atoms with Gasteiger partial charge in [0.25, 0.3) is 0 Å². The van der Waals surface area contributed by atoms with Gasteiger partial charge in [-0.05, 0) is 77.2 Å². The largest absolute Gasteiger partial charge is 0.309 e. The maximum Gasteiger partial charge on any atom is 0.165 e. The highest BCUT2D eigenvalue weighted by Crippen LogP contribution is 2.52. The Balaban J connectivity index is 1.12. The summed E-state index contributed by atoms with van der Waals surface area (Å²) in [6.07, 6.45) is 0. The van der Waals surface area contributed by atoms with Crippen LogP contribution in [0.2, 0.25) is 0 Å². The van der Waals surface area contributed by atoms with Crippen LogP contribution in [0.4, 0.5) is 0 Å². The van der Waals surface area contributed by atoms with E-state index < -0.39 is 0 Å². The van der Waals surface area contributed by atoms with Crippen LogP contribution in [0.5, 0.6) is 0 Å². The molecule has 10 aromatic carbocycles. The zero-order valence-electron chi connectivity index (χ0n) is 34.9. The van der Waals surface area contributed by atoms with E-state index in [0.717, 1.165) is 61.1 Å². The lowest BCUT2D eigenvalue weighted by Crippen LogP contribution is -2.04. The van der Waals surface area contributed by atoms with Crippen molar-refractivity contribution >= 4 is 87.2 Å². The van der Waals surface area contributed by atoms with Crippen molar-refractivity contribution in [2.75, 3.05) is 0 Å². The second-order valence-electron chi connectivity index (χ2n) is 17.3. The van der Waals surface area contributed by atoms with Gasteiger partial charge in [-0.2, -0.15) is 0 Å². The van der Waals surface area contributed by atoms with Crippen LogP contribution in [0.1, 0.15) is 0 Å². The number of hydrogen-bond acceptors (Lipinski definition) is 2. The van der Waals surface area contributed by atoms with Crippen molar-refractivity contribution in [3.8, 4) is 50.7 Å². The molecule has 0 unspecified atom stereocenters. The first-order chi connectivity index (χ1) is 32.3. The van der Waals surface area contributed by atoms with Gasteiger partial charge in [-0.3, -0.25) is 4.57 Å². The van der Waals surface area contributed by atoms with Crippen LogP contribution >= 0.6 is 0 Å². The van der Waals surface area contributed by atoms with Crippen molar-refractivity contribution in [3.05, 3.63) is 212 Å². The molecule has 14 aromatic rings. The van der Waals surface area contributed by atoms with Gasteiger partial charge in [0.1, 0.15) is 5.69 Å². The molecule has 0 radical (unpaired) electrons. The molecule has 15 rings (SSSR count). The number of para-hydroxylation sites is 5. The lowest BCUT2D eigenvalue weighted by molar-refractivity contribution is 1.08. The lowest BCUT2D eigenvalue weighted by Gasteiger charge is -2.16. The highest BCUT2D eigenvalue weighted by atomic mass is 15.1. The first kappa shape index (κ1) is 34.7. The fourth-order valence-corrected chi connectivity index (χ4v) is 11.3. The van der Waals surface area contributed by atoms with Crippen LogP contribution < -0.4 is 0 Å². The zero-order chi connectivity index (χ0) is 42.3. The lowest BCUT2D eigenvalue weighted by atomic mass is 9.91. The van der Waals surface area contributed by atoms with Crippen LogP contribution in [0, 0.1) is 0 Å². The van der Waals surface area contributed by atoms with Crippen molar-refractivity contribution < 1.29 is 0 Å². The van der Waals surface area contributed by atoms with E-state index in [0.29, 0.717) is 0 Å². The van der Waals surface area contributed by atoms with Crippen LogP contribution in [0.25, 0.3) is 138 Å². The number of nitrogens with zero attached hydrogens (tertiary/aromatic N) is 5. The van der Waals surface area contributed by atoms with Crippen molar-refractivity contribution in [2.24, 2.45) is 0 Å². The maximum absolute atomic E-state index is 5.82. The van der Waals surface area contributed by atoms with E-state index in [1.165, 1.54) is 76.8 Å². The molecule has 5 heteroatoms. The molecule has 0 N–H and O–H groups in total. The minimum Gasteiger partial charge on any atom is -0.309 e. The highest BCUT2D eigenvalue weighted by Gasteiger charge is 2.30. The molecule has 5 nitrogen and oxygen atoms in total. The summed E-state index contributed by atoms with van der Waals surface area (Å²) in [5.74, 6) is 0.798. The Morgan fingerprint density at radius 3 is 1.78 bits per heavy atom. The minimum atomic E-state index is 0.798. The van der Waals surface area contributed by atoms with Crippen molar-refractivity contribution in [1.29, 1.82) is 0 Å². The Hall–Kier alpha value is -8.80. The standard InChI is InChI=1S/C60H35N5/c1-2-17-38(18-3-1)63-49-26-12-9-22-42(49)46-34-37(31-33-53(46)63)57-60(62-58-39-19-5-4-16-36(39)30-32-48(58)61-57)65-52-29-15-11-25-45(52)55-54(65)35-47-43-23-10-14-28-51(43)64-50-27-13-8-21-41(50)40-20-6-7-24-44(40)56(55)59(47)64/h1-35H. The van der Waals surface area contributed by atoms with Gasteiger partial charge >= 0.3 is 0 Å². The average molecular weight is 826 g/mol. The Labute approximate surface area is 372 Å². The predicted octanol–water partition coefficient (Wildman–Crippen LogP) is 15.4. The summed E-state index contributed by atoms with van der Waals surface area (Å²) in [6, 6.07) is 77.0. The van der Waals surface area contributed by atoms with Gasteiger partial charge in [-0.25, -0.2) is 9.97 Å². The van der Waals surface area contributed by atoms with Crippen molar-refractivity contribution in [2.45, 2.75) is 0 Å². The second kappa shape index (κ2) is 12.9. The van der Waals surface area contributed by atoms with Gasteiger partial charge in [-0.1, -0.05) is 152 Å². The Kier molecular flexibility index (Phi) is 6.89. The van der Waals surface area contributed by atoms with Gasteiger partial charge in [0.05, 0.1) is 49.8 Å². The molecule has 0 bridgehead atoms. The zero-order valence-corrected chi connectivity index (χ0v) is 34.9. The summed E-state index contributed by atoms with van der Waals surface area (Å²) in [7, 11) is 0. The molecule has 1 aliphatic rings. The molecule has 65 heavy (non-hydrogen) atoms. The third-order valence-corrected chi connectivity index (χ3v) is 13.9. The molecule has 0 saturated heterocycles. The van der Waals surface area contributed by atoms with Gasteiger partial charge < -0.3 is 9.13 Å². The Morgan fingerprint density at radius 2 is 0.969 bits per heavy atom. The van der Waals surface area contributed by atoms with Crippen LogP contribution in [-0.2, 0) is 0 Å². The third-order valence-electron chi connectivity index (χ3n) is 13.9. The smallest absolute Gasteiger partial charge is 0.165 e. The molecule has 0 aliphatic carbocycles. The van der Waals surface area contributed by atoms with Gasteiger partial charge in [-0.15, -0.1) is 0 Å². The summed E-state index contributed by atoms with van der Waals surface area (Å²) >= 11 is 0. The Morgan fingerprint density at radius 1 is 0.354 bits per heavy atom. The predicted molar refractivity (Wildman–Crippen MR) is 270 cm³/mol. The van der Waals surface area contributed by atoms with Crippen LogP contribution in [-0.4, -0.2) is 23.7 Å². The topological polar surface area (TPSA) is 40.6 Å². The van der Waals surface area contributed by atoms with Crippen molar-refractivity contribution in [3.63, 3.8) is 0 Å². The fourth-order valence-electron chi connectivity index (χ4n) is 11.3. The Bertz CT molecular complexity index is 4360. The molecule has 0 amide bonds. The number of hydrogen-bond donors (Lipinski definition) is 0. The molecular formula is C60H35N5. The van der Waals surface area contributed by atoms with E-state index >= 15 is 0 Å². The second-order valence-corrected chi connectivity index (χ2v) is 17.3. The van der Waals surface area contributed by atoms with E-state index in [2.05, 4.69) is 226 Å². The van der Waals surface area contributed by atoms with E-state index in [1.54, 1.807) is 0 Å². The van der Waals surface area contributed by atoms with E-state index in [1.807, 2.05) is 0 Å². The summed E-state index contributed by atoms with van der Waals surface area (Å²) < 4.78 is 7.29. The summed E-state index contributed by atoms with van der Waals surface area (Å²) in [5, 5.41) is 9.37. The average Bonchev–Trinajstić information content (AvgIpc) is 3.98. The first-order valence-electron chi connectivity index (χ1n) is 22.3. The highest BCUT2D eigenvalue weighted by molar-refractivity contribution is 6.29. The van der Waals surface area contributed by atoms with Gasteiger partial charge in [0.15, 0.2) is 5.82 Å². The van der Waals surface area contributed by atoms with Gasteiger partial charge in [0.2, 0.25) is 0 Å². The molecule has 0 atom stereocenters. The fraction of sp³-hybridized carbons (Fsp3) is 0. The summed E-state index contributed by atoms with van der Waals surface area (Å²) in [5.41, 5.74) is 17.7. The number of rotatable bonds is 3. The number of benzene rings is 10. The molecule has 0 spiro atoms.